The summed E-state index contributed by atoms with van der Waals surface area (Å²) in [5.41, 5.74) is 3.49. The zero-order valence-corrected chi connectivity index (χ0v) is 21.7. The van der Waals surface area contributed by atoms with Gasteiger partial charge in [0, 0.05) is 35.4 Å². The Morgan fingerprint density at radius 2 is 1.81 bits per heavy atom. The number of nitrogens with one attached hydrogen (secondary N) is 1. The Morgan fingerprint density at radius 3 is 2.53 bits per heavy atom. The van der Waals surface area contributed by atoms with Crippen LogP contribution in [0.4, 0.5) is 5.69 Å². The molecule has 5 nitrogen and oxygen atoms in total. The predicted molar refractivity (Wildman–Crippen MR) is 143 cm³/mol. The van der Waals surface area contributed by atoms with Crippen molar-refractivity contribution < 1.29 is 4.74 Å². The molecule has 0 radical (unpaired) electrons. The Morgan fingerprint density at radius 1 is 1.00 bits per heavy atom. The summed E-state index contributed by atoms with van der Waals surface area (Å²) in [6.07, 6.45) is 3.11. The number of pyridine rings is 2. The van der Waals surface area contributed by atoms with Gasteiger partial charge in [-0.25, -0.2) is 9.97 Å². The molecule has 1 N–H and O–H groups in total. The van der Waals surface area contributed by atoms with Gasteiger partial charge >= 0.3 is 0 Å². The molecule has 9 heteroatoms. The van der Waals surface area contributed by atoms with Crippen molar-refractivity contribution >= 4 is 75.6 Å². The van der Waals surface area contributed by atoms with Crippen LogP contribution in [0.1, 0.15) is 33.1 Å². The van der Waals surface area contributed by atoms with Crippen LogP contribution < -0.4 is 10.1 Å². The van der Waals surface area contributed by atoms with Crippen molar-refractivity contribution in [2.45, 2.75) is 33.1 Å². The molecular formula is C23H32Cl4N4O. The number of ether oxygens (including phenoxy) is 1. The van der Waals surface area contributed by atoms with E-state index in [1.54, 1.807) is 0 Å². The van der Waals surface area contributed by atoms with Crippen molar-refractivity contribution in [3.63, 3.8) is 0 Å². The summed E-state index contributed by atoms with van der Waals surface area (Å²) in [7, 11) is 0. The summed E-state index contributed by atoms with van der Waals surface area (Å²) in [6, 6.07) is 9.64. The molecule has 0 unspecified atom stereocenters. The first kappa shape index (κ1) is 28.8. The summed E-state index contributed by atoms with van der Waals surface area (Å²) < 4.78 is 5.83. The van der Waals surface area contributed by atoms with Crippen LogP contribution >= 0.6 is 48.0 Å². The quantitative estimate of drug-likeness (QED) is 0.161. The SMILES string of the molecule is CCCCOc1ccc2nc3cc(Cl)ccc3c(NCCCN(CC)CCCl)c2n1.Cl.Cl. The Kier molecular flexibility index (Phi) is 13.3. The van der Waals surface area contributed by atoms with E-state index in [2.05, 4.69) is 24.1 Å². The van der Waals surface area contributed by atoms with Crippen molar-refractivity contribution in [1.82, 2.24) is 14.9 Å². The summed E-state index contributed by atoms with van der Waals surface area (Å²) in [5.74, 6) is 1.29. The highest BCUT2D eigenvalue weighted by atomic mass is 35.5. The number of fused-ring (bicyclic) bond motifs is 2. The molecule has 0 bridgehead atoms. The highest BCUT2D eigenvalue weighted by molar-refractivity contribution is 6.31. The number of unbranched alkanes of at least 4 members (excludes halogenated alkanes) is 1. The normalized spacial score (nSPS) is 10.8. The van der Waals surface area contributed by atoms with Crippen LogP contribution in [-0.2, 0) is 0 Å². The number of hydrogen-bond donors (Lipinski definition) is 1. The molecule has 3 aromatic rings. The Hall–Kier alpha value is -1.24. The third kappa shape index (κ3) is 7.67. The molecule has 0 aliphatic heterocycles. The van der Waals surface area contributed by atoms with Gasteiger partial charge in [0.25, 0.3) is 0 Å². The number of halogens is 4. The van der Waals surface area contributed by atoms with Crippen molar-refractivity contribution in [3.05, 3.63) is 35.4 Å². The van der Waals surface area contributed by atoms with Gasteiger partial charge in [0.15, 0.2) is 0 Å². The van der Waals surface area contributed by atoms with Crippen LogP contribution in [0.5, 0.6) is 5.88 Å². The topological polar surface area (TPSA) is 50.3 Å². The molecule has 0 spiro atoms. The molecule has 178 valence electrons. The van der Waals surface area contributed by atoms with Gasteiger partial charge in [-0.05, 0) is 50.2 Å². The lowest BCUT2D eigenvalue weighted by Gasteiger charge is -2.19. The number of benzene rings is 1. The van der Waals surface area contributed by atoms with Crippen LogP contribution in [0.25, 0.3) is 21.9 Å². The molecule has 1 aromatic carbocycles. The number of aromatic nitrogens is 2. The minimum absolute atomic E-state index is 0. The van der Waals surface area contributed by atoms with E-state index in [4.69, 9.17) is 37.9 Å². The molecule has 0 aliphatic carbocycles. The Balaban J connectivity index is 0.00000256. The van der Waals surface area contributed by atoms with E-state index in [-0.39, 0.29) is 24.8 Å². The van der Waals surface area contributed by atoms with Gasteiger partial charge in [-0.2, -0.15) is 0 Å². The van der Waals surface area contributed by atoms with Crippen molar-refractivity contribution in [2.75, 3.05) is 44.0 Å². The van der Waals surface area contributed by atoms with Crippen molar-refractivity contribution in [1.29, 1.82) is 0 Å². The fourth-order valence-electron chi connectivity index (χ4n) is 3.42. The maximum atomic E-state index is 6.21. The smallest absolute Gasteiger partial charge is 0.213 e. The first-order chi connectivity index (χ1) is 14.7. The van der Waals surface area contributed by atoms with Crippen LogP contribution in [0.3, 0.4) is 0 Å². The van der Waals surface area contributed by atoms with Gasteiger partial charge in [0.05, 0.1) is 23.3 Å². The molecule has 3 rings (SSSR count). The third-order valence-electron chi connectivity index (χ3n) is 5.10. The first-order valence-electron chi connectivity index (χ1n) is 10.7. The summed E-state index contributed by atoms with van der Waals surface area (Å²) in [5, 5.41) is 5.29. The molecule has 2 heterocycles. The van der Waals surface area contributed by atoms with E-state index >= 15 is 0 Å². The zero-order valence-electron chi connectivity index (χ0n) is 18.6. The number of hydrogen-bond acceptors (Lipinski definition) is 5. The van der Waals surface area contributed by atoms with Gasteiger partial charge in [-0.3, -0.25) is 0 Å². The average Bonchev–Trinajstić information content (AvgIpc) is 2.75. The Bertz CT molecular complexity index is 974. The average molecular weight is 522 g/mol. The second-order valence-corrected chi connectivity index (χ2v) is 8.09. The minimum Gasteiger partial charge on any atom is -0.478 e. The summed E-state index contributed by atoms with van der Waals surface area (Å²) >= 11 is 12.1. The van der Waals surface area contributed by atoms with Gasteiger partial charge in [0.1, 0.15) is 5.52 Å². The van der Waals surface area contributed by atoms with Crippen LogP contribution in [0, 0.1) is 0 Å². The lowest BCUT2D eigenvalue weighted by molar-refractivity contribution is 0.299. The fraction of sp³-hybridized carbons (Fsp3) is 0.478. The highest BCUT2D eigenvalue weighted by Gasteiger charge is 2.12. The largest absolute Gasteiger partial charge is 0.478 e. The molecule has 0 fully saturated rings. The maximum Gasteiger partial charge on any atom is 0.213 e. The van der Waals surface area contributed by atoms with Crippen molar-refractivity contribution in [2.24, 2.45) is 0 Å². The van der Waals surface area contributed by atoms with Crippen molar-refractivity contribution in [3.8, 4) is 5.88 Å². The number of nitrogens with zero attached hydrogens (tertiary/aromatic N) is 3. The lowest BCUT2D eigenvalue weighted by atomic mass is 10.1. The van der Waals surface area contributed by atoms with E-state index < -0.39 is 0 Å². The van der Waals surface area contributed by atoms with E-state index in [1.807, 2.05) is 30.3 Å². The minimum atomic E-state index is 0. The second-order valence-electron chi connectivity index (χ2n) is 7.27. The monoisotopic (exact) mass is 520 g/mol. The number of anilines is 1. The summed E-state index contributed by atoms with van der Waals surface area (Å²) in [4.78, 5) is 11.9. The van der Waals surface area contributed by atoms with E-state index in [9.17, 15) is 0 Å². The molecular weight excluding hydrogens is 490 g/mol. The number of rotatable bonds is 12. The first-order valence-corrected chi connectivity index (χ1v) is 11.6. The molecule has 0 amide bonds. The van der Waals surface area contributed by atoms with Crippen LogP contribution in [-0.4, -0.2) is 53.5 Å². The molecule has 32 heavy (non-hydrogen) atoms. The van der Waals surface area contributed by atoms with E-state index in [0.717, 1.165) is 73.1 Å². The number of alkyl halides is 1. The zero-order chi connectivity index (χ0) is 21.3. The highest BCUT2D eigenvalue weighted by Crippen LogP contribution is 2.32. The van der Waals surface area contributed by atoms with E-state index in [0.29, 0.717) is 23.4 Å². The Labute approximate surface area is 213 Å². The maximum absolute atomic E-state index is 6.21. The van der Waals surface area contributed by atoms with Crippen LogP contribution in [0.15, 0.2) is 30.3 Å². The van der Waals surface area contributed by atoms with Gasteiger partial charge < -0.3 is 15.0 Å². The standard InChI is InChI=1S/C23H30Cl2N4O.2ClH/c1-3-5-15-30-21-10-9-19-23(28-21)22(18-8-7-17(25)16-20(18)27-19)26-12-6-13-29(4-2)14-11-24;;/h7-10,16H,3-6,11-15H2,1-2H3,(H,26,27);2*1H. The van der Waals surface area contributed by atoms with Gasteiger partial charge in [-0.15, -0.1) is 36.4 Å². The molecule has 0 atom stereocenters. The molecule has 0 saturated carbocycles. The molecule has 0 saturated heterocycles. The summed E-state index contributed by atoms with van der Waals surface area (Å²) in [6.45, 7) is 8.73. The van der Waals surface area contributed by atoms with Crippen LogP contribution in [0.2, 0.25) is 5.02 Å². The lowest BCUT2D eigenvalue weighted by Crippen LogP contribution is -2.27. The second kappa shape index (κ2) is 14.8. The van der Waals surface area contributed by atoms with Gasteiger partial charge in [0.2, 0.25) is 5.88 Å². The molecule has 2 aromatic heterocycles. The molecule has 0 aliphatic rings. The predicted octanol–water partition coefficient (Wildman–Crippen LogP) is 6.82. The fourth-order valence-corrected chi connectivity index (χ4v) is 3.82. The van der Waals surface area contributed by atoms with E-state index in [1.165, 1.54) is 0 Å². The third-order valence-corrected chi connectivity index (χ3v) is 5.51. The van der Waals surface area contributed by atoms with Gasteiger partial charge in [-0.1, -0.05) is 31.9 Å².